The molecule has 2 aliphatic heterocycles. The normalized spacial score (nSPS) is 24.3. The minimum Gasteiger partial charge on any atom is -0.376 e. The summed E-state index contributed by atoms with van der Waals surface area (Å²) >= 11 is 1.29. The molecular formula is C16H22N4O2S. The number of ether oxygens (including phenoxy) is 1. The van der Waals surface area contributed by atoms with Crippen LogP contribution in [-0.4, -0.2) is 39.7 Å². The second-order valence-corrected chi connectivity index (χ2v) is 7.62. The van der Waals surface area contributed by atoms with Gasteiger partial charge in [0.1, 0.15) is 0 Å². The molecule has 2 aromatic rings. The van der Waals surface area contributed by atoms with E-state index in [2.05, 4.69) is 14.7 Å². The molecule has 0 saturated carbocycles. The highest BCUT2D eigenvalue weighted by molar-refractivity contribution is 7.12. The molecule has 0 aromatic carbocycles. The molecule has 2 saturated heterocycles. The number of fused-ring (bicyclic) bond motifs is 1. The number of aromatic nitrogens is 3. The maximum absolute atomic E-state index is 12.6. The van der Waals surface area contributed by atoms with Crippen LogP contribution in [0.15, 0.2) is 11.1 Å². The summed E-state index contributed by atoms with van der Waals surface area (Å²) in [5.41, 5.74) is 1.14. The Bertz CT molecular complexity index is 753. The Morgan fingerprint density at radius 1 is 1.43 bits per heavy atom. The number of nitrogens with one attached hydrogen (secondary N) is 1. The highest BCUT2D eigenvalue weighted by atomic mass is 32.1. The van der Waals surface area contributed by atoms with E-state index in [1.165, 1.54) is 30.8 Å². The summed E-state index contributed by atoms with van der Waals surface area (Å²) in [6, 6.07) is 0. The van der Waals surface area contributed by atoms with Gasteiger partial charge in [-0.2, -0.15) is 4.37 Å². The average molecular weight is 334 g/mol. The van der Waals surface area contributed by atoms with E-state index in [1.54, 1.807) is 10.9 Å². The lowest BCUT2D eigenvalue weighted by Crippen LogP contribution is -2.45. The molecule has 0 amide bonds. The molecule has 0 radical (unpaired) electrons. The highest BCUT2D eigenvalue weighted by Crippen LogP contribution is 2.38. The van der Waals surface area contributed by atoms with Gasteiger partial charge in [0.15, 0.2) is 4.83 Å². The van der Waals surface area contributed by atoms with E-state index in [1.807, 2.05) is 6.92 Å². The van der Waals surface area contributed by atoms with E-state index in [0.29, 0.717) is 17.3 Å². The van der Waals surface area contributed by atoms with E-state index in [0.717, 1.165) is 36.6 Å². The smallest absolute Gasteiger partial charge is 0.264 e. The van der Waals surface area contributed by atoms with Gasteiger partial charge in [-0.1, -0.05) is 0 Å². The van der Waals surface area contributed by atoms with Crippen molar-refractivity contribution in [3.8, 4) is 0 Å². The third-order valence-electron chi connectivity index (χ3n) is 5.32. The van der Waals surface area contributed by atoms with Gasteiger partial charge in [-0.3, -0.25) is 9.36 Å². The lowest BCUT2D eigenvalue weighted by molar-refractivity contribution is -0.0800. The van der Waals surface area contributed by atoms with Crippen molar-refractivity contribution < 1.29 is 4.74 Å². The molecule has 4 rings (SSSR count). The SMILES string of the molecule is Cc1nsc2ncn(CC3CCC4(CCNCC4)CO3)c(=O)c12. The maximum atomic E-state index is 12.6. The first-order chi connectivity index (χ1) is 11.2. The molecule has 23 heavy (non-hydrogen) atoms. The van der Waals surface area contributed by atoms with Gasteiger partial charge in [-0.25, -0.2) is 4.98 Å². The molecule has 7 heteroatoms. The van der Waals surface area contributed by atoms with E-state index < -0.39 is 0 Å². The molecule has 1 N–H and O–H groups in total. The quantitative estimate of drug-likeness (QED) is 0.905. The average Bonchev–Trinajstić information content (AvgIpc) is 2.95. The summed E-state index contributed by atoms with van der Waals surface area (Å²) in [4.78, 5) is 17.7. The molecule has 2 fully saturated rings. The van der Waals surface area contributed by atoms with Gasteiger partial charge in [-0.05, 0) is 62.6 Å². The standard InChI is InChI=1S/C16H22N4O2S/c1-11-13-14(23-19-11)18-10-20(15(13)21)8-12-2-3-16(9-22-12)4-6-17-7-5-16/h10,12,17H,2-9H2,1H3. The third kappa shape index (κ3) is 2.81. The van der Waals surface area contributed by atoms with Crippen molar-refractivity contribution in [2.24, 2.45) is 5.41 Å². The zero-order valence-electron chi connectivity index (χ0n) is 13.4. The molecule has 124 valence electrons. The van der Waals surface area contributed by atoms with E-state index in [4.69, 9.17) is 4.74 Å². The van der Waals surface area contributed by atoms with Crippen LogP contribution in [0.25, 0.3) is 10.2 Å². The van der Waals surface area contributed by atoms with E-state index in [-0.39, 0.29) is 11.7 Å². The number of hydrogen-bond acceptors (Lipinski definition) is 6. The Morgan fingerprint density at radius 2 is 2.26 bits per heavy atom. The molecule has 4 heterocycles. The van der Waals surface area contributed by atoms with Gasteiger partial charge in [0.25, 0.3) is 5.56 Å². The molecule has 2 aromatic heterocycles. The summed E-state index contributed by atoms with van der Waals surface area (Å²) in [7, 11) is 0. The number of rotatable bonds is 2. The molecule has 1 atom stereocenters. The van der Waals surface area contributed by atoms with E-state index in [9.17, 15) is 4.79 Å². The van der Waals surface area contributed by atoms with Gasteiger partial charge in [-0.15, -0.1) is 0 Å². The van der Waals surface area contributed by atoms with Crippen LogP contribution in [0.5, 0.6) is 0 Å². The Hall–Kier alpha value is -1.31. The van der Waals surface area contributed by atoms with Gasteiger partial charge in [0.05, 0.1) is 36.7 Å². The highest BCUT2D eigenvalue weighted by Gasteiger charge is 2.37. The van der Waals surface area contributed by atoms with Gasteiger partial charge >= 0.3 is 0 Å². The second kappa shape index (κ2) is 5.96. The third-order valence-corrected chi connectivity index (χ3v) is 6.17. The first-order valence-electron chi connectivity index (χ1n) is 8.31. The van der Waals surface area contributed by atoms with Crippen LogP contribution < -0.4 is 10.9 Å². The van der Waals surface area contributed by atoms with Crippen LogP contribution in [0.2, 0.25) is 0 Å². The minimum atomic E-state index is 0.00648. The topological polar surface area (TPSA) is 69.0 Å². The Labute approximate surface area is 139 Å². The second-order valence-electron chi connectivity index (χ2n) is 6.87. The van der Waals surface area contributed by atoms with Gasteiger partial charge in [0.2, 0.25) is 0 Å². The van der Waals surface area contributed by atoms with Crippen molar-refractivity contribution in [3.63, 3.8) is 0 Å². The zero-order valence-corrected chi connectivity index (χ0v) is 14.2. The lowest BCUT2D eigenvalue weighted by Gasteiger charge is -2.43. The predicted molar refractivity (Wildman–Crippen MR) is 89.9 cm³/mol. The summed E-state index contributed by atoms with van der Waals surface area (Å²) in [5, 5.41) is 4.08. The van der Waals surface area contributed by atoms with Gasteiger partial charge in [0, 0.05) is 0 Å². The summed E-state index contributed by atoms with van der Waals surface area (Å²) in [5.74, 6) is 0. The molecule has 0 aliphatic carbocycles. The van der Waals surface area contributed by atoms with Crippen LogP contribution in [0, 0.1) is 12.3 Å². The molecule has 1 spiro atoms. The van der Waals surface area contributed by atoms with Gasteiger partial charge < -0.3 is 10.1 Å². The predicted octanol–water partition coefficient (Wildman–Crippen LogP) is 1.71. The Morgan fingerprint density at radius 3 is 3.00 bits per heavy atom. The van der Waals surface area contributed by atoms with Crippen LogP contribution in [-0.2, 0) is 11.3 Å². The summed E-state index contributed by atoms with van der Waals surface area (Å²) in [6.45, 7) is 5.47. The number of aryl methyl sites for hydroxylation is 1. The van der Waals surface area contributed by atoms with Crippen molar-refractivity contribution in [2.45, 2.75) is 45.3 Å². The number of hydrogen-bond donors (Lipinski definition) is 1. The molecular weight excluding hydrogens is 312 g/mol. The fraction of sp³-hybridized carbons (Fsp3) is 0.688. The number of piperidine rings is 1. The fourth-order valence-electron chi connectivity index (χ4n) is 3.77. The number of nitrogens with zero attached hydrogens (tertiary/aromatic N) is 3. The van der Waals surface area contributed by atoms with Crippen molar-refractivity contribution >= 4 is 21.7 Å². The van der Waals surface area contributed by atoms with Crippen molar-refractivity contribution in [1.29, 1.82) is 0 Å². The lowest BCUT2D eigenvalue weighted by atomic mass is 9.74. The van der Waals surface area contributed by atoms with Crippen LogP contribution in [0.1, 0.15) is 31.4 Å². The molecule has 0 bridgehead atoms. The van der Waals surface area contributed by atoms with E-state index >= 15 is 0 Å². The fourth-order valence-corrected chi connectivity index (χ4v) is 4.51. The van der Waals surface area contributed by atoms with Crippen LogP contribution >= 0.6 is 11.5 Å². The van der Waals surface area contributed by atoms with Crippen molar-refractivity contribution in [1.82, 2.24) is 19.2 Å². The first kappa shape index (κ1) is 15.2. The van der Waals surface area contributed by atoms with Crippen molar-refractivity contribution in [2.75, 3.05) is 19.7 Å². The maximum Gasteiger partial charge on any atom is 0.264 e. The molecule has 2 aliphatic rings. The zero-order chi connectivity index (χ0) is 15.9. The van der Waals surface area contributed by atoms with Crippen LogP contribution in [0.3, 0.4) is 0 Å². The van der Waals surface area contributed by atoms with Crippen LogP contribution in [0.4, 0.5) is 0 Å². The van der Waals surface area contributed by atoms with Crippen molar-refractivity contribution in [3.05, 3.63) is 22.4 Å². The first-order valence-corrected chi connectivity index (χ1v) is 9.08. The summed E-state index contributed by atoms with van der Waals surface area (Å²) < 4.78 is 12.0. The largest absolute Gasteiger partial charge is 0.376 e. The molecule has 1 unspecified atom stereocenters. The monoisotopic (exact) mass is 334 g/mol. The Balaban J connectivity index is 1.48. The summed E-state index contributed by atoms with van der Waals surface area (Å²) in [6.07, 6.45) is 6.37. The molecule has 6 nitrogen and oxygen atoms in total. The minimum absolute atomic E-state index is 0.00648. The Kier molecular flexibility index (Phi) is 3.95.